The summed E-state index contributed by atoms with van der Waals surface area (Å²) in [6.45, 7) is 1.75. The van der Waals surface area contributed by atoms with Gasteiger partial charge in [0.2, 0.25) is 0 Å². The summed E-state index contributed by atoms with van der Waals surface area (Å²) >= 11 is 0. The van der Waals surface area contributed by atoms with E-state index in [1.807, 2.05) is 13.0 Å². The summed E-state index contributed by atoms with van der Waals surface area (Å²) in [6, 6.07) is 19.2. The van der Waals surface area contributed by atoms with Gasteiger partial charge in [-0.25, -0.2) is 4.39 Å². The smallest absolute Gasteiger partial charge is 0.255 e. The first kappa shape index (κ1) is 22.0. The Balaban J connectivity index is 1.54. The molecular weight excluding hydrogens is 399 g/mol. The van der Waals surface area contributed by atoms with Gasteiger partial charge in [0.05, 0.1) is 0 Å². The molecule has 0 saturated carbocycles. The van der Waals surface area contributed by atoms with Gasteiger partial charge in [0.25, 0.3) is 11.8 Å². The normalized spacial score (nSPS) is 11.5. The molecule has 0 bridgehead atoms. The summed E-state index contributed by atoms with van der Waals surface area (Å²) < 4.78 is 18.3. The van der Waals surface area contributed by atoms with Crippen molar-refractivity contribution >= 4 is 17.5 Å². The fraction of sp³-hybridized carbons (Fsp3) is 0.167. The largest absolute Gasteiger partial charge is 0.491 e. The number of rotatable bonds is 8. The Hall–Kier alpha value is -3.71. The summed E-state index contributed by atoms with van der Waals surface area (Å²) in [5.41, 5.74) is 2.21. The van der Waals surface area contributed by atoms with Crippen LogP contribution in [0.25, 0.3) is 0 Å². The van der Waals surface area contributed by atoms with Crippen LogP contribution in [0.5, 0.6) is 5.75 Å². The van der Waals surface area contributed by atoms with Crippen LogP contribution >= 0.6 is 0 Å². The molecule has 0 aliphatic heterocycles. The van der Waals surface area contributed by atoms with E-state index in [2.05, 4.69) is 10.6 Å². The van der Waals surface area contributed by atoms with E-state index in [9.17, 15) is 19.1 Å². The topological polar surface area (TPSA) is 87.7 Å². The highest BCUT2D eigenvalue weighted by molar-refractivity contribution is 6.05. The SMILES string of the molecule is Cc1ccc(C(=O)NCC(O)COc2ccc(F)cc2)cc1NC(=O)c1ccccc1. The van der Waals surface area contributed by atoms with E-state index in [1.54, 1.807) is 42.5 Å². The number of anilines is 1. The second-order valence-corrected chi connectivity index (χ2v) is 6.98. The molecule has 2 amide bonds. The lowest BCUT2D eigenvalue weighted by molar-refractivity contribution is 0.0843. The average molecular weight is 422 g/mol. The quantitative estimate of drug-likeness (QED) is 0.518. The van der Waals surface area contributed by atoms with Crippen LogP contribution in [0.1, 0.15) is 26.3 Å². The molecule has 3 rings (SSSR count). The highest BCUT2D eigenvalue weighted by Gasteiger charge is 2.13. The molecule has 0 aliphatic carbocycles. The van der Waals surface area contributed by atoms with E-state index in [4.69, 9.17) is 4.74 Å². The Kier molecular flexibility index (Phi) is 7.35. The molecule has 0 spiro atoms. The van der Waals surface area contributed by atoms with Crippen molar-refractivity contribution in [2.75, 3.05) is 18.5 Å². The molecule has 0 saturated heterocycles. The summed E-state index contributed by atoms with van der Waals surface area (Å²) in [5, 5.41) is 15.5. The lowest BCUT2D eigenvalue weighted by atomic mass is 10.1. The van der Waals surface area contributed by atoms with E-state index in [0.29, 0.717) is 22.6 Å². The molecule has 0 radical (unpaired) electrons. The van der Waals surface area contributed by atoms with Crippen LogP contribution in [-0.4, -0.2) is 36.2 Å². The van der Waals surface area contributed by atoms with Crippen molar-refractivity contribution < 1.29 is 23.8 Å². The zero-order valence-corrected chi connectivity index (χ0v) is 17.0. The van der Waals surface area contributed by atoms with E-state index in [-0.39, 0.29) is 24.9 Å². The number of aryl methyl sites for hydroxylation is 1. The molecule has 31 heavy (non-hydrogen) atoms. The molecule has 3 aromatic rings. The van der Waals surface area contributed by atoms with Crippen LogP contribution in [0.4, 0.5) is 10.1 Å². The summed E-state index contributed by atoms with van der Waals surface area (Å²) in [5.74, 6) is -0.618. The number of nitrogens with one attached hydrogen (secondary N) is 2. The fourth-order valence-electron chi connectivity index (χ4n) is 2.78. The summed E-state index contributed by atoms with van der Waals surface area (Å²) in [6.07, 6.45) is -0.947. The number of benzene rings is 3. The van der Waals surface area contributed by atoms with Crippen molar-refractivity contribution in [2.45, 2.75) is 13.0 Å². The van der Waals surface area contributed by atoms with Gasteiger partial charge in [-0.2, -0.15) is 0 Å². The van der Waals surface area contributed by atoms with E-state index in [1.165, 1.54) is 24.3 Å². The number of carbonyl (C=O) groups is 2. The Morgan fingerprint density at radius 1 is 0.968 bits per heavy atom. The monoisotopic (exact) mass is 422 g/mol. The highest BCUT2D eigenvalue weighted by atomic mass is 19.1. The molecule has 0 heterocycles. The van der Waals surface area contributed by atoms with E-state index >= 15 is 0 Å². The lowest BCUT2D eigenvalue weighted by Crippen LogP contribution is -2.35. The number of ether oxygens (including phenoxy) is 1. The van der Waals surface area contributed by atoms with Gasteiger partial charge in [-0.05, 0) is 61.0 Å². The van der Waals surface area contributed by atoms with Crippen LogP contribution in [0.15, 0.2) is 72.8 Å². The van der Waals surface area contributed by atoms with Crippen molar-refractivity contribution in [3.8, 4) is 5.75 Å². The molecular formula is C24H23FN2O4. The Bertz CT molecular complexity index is 1040. The van der Waals surface area contributed by atoms with Crippen molar-refractivity contribution in [3.63, 3.8) is 0 Å². The van der Waals surface area contributed by atoms with Gasteiger partial charge in [-0.1, -0.05) is 24.3 Å². The standard InChI is InChI=1S/C24H23FN2O4/c1-16-7-8-18(13-22(16)27-24(30)17-5-3-2-4-6-17)23(29)26-14-20(28)15-31-21-11-9-19(25)10-12-21/h2-13,20,28H,14-15H2,1H3,(H,26,29)(H,27,30). The minimum absolute atomic E-state index is 0.0282. The summed E-state index contributed by atoms with van der Waals surface area (Å²) in [4.78, 5) is 24.9. The molecule has 0 aliphatic rings. The van der Waals surface area contributed by atoms with Gasteiger partial charge in [0, 0.05) is 23.4 Å². The Morgan fingerprint density at radius 2 is 1.68 bits per heavy atom. The number of hydrogen-bond donors (Lipinski definition) is 3. The van der Waals surface area contributed by atoms with Gasteiger partial charge in [-0.15, -0.1) is 0 Å². The predicted octanol–water partition coefficient (Wildman–Crippen LogP) is 3.56. The molecule has 0 fully saturated rings. The van der Waals surface area contributed by atoms with Gasteiger partial charge in [-0.3, -0.25) is 9.59 Å². The maximum absolute atomic E-state index is 12.9. The fourth-order valence-corrected chi connectivity index (χ4v) is 2.78. The third-order valence-corrected chi connectivity index (χ3v) is 4.54. The maximum atomic E-state index is 12.9. The van der Waals surface area contributed by atoms with E-state index < -0.39 is 12.0 Å². The highest BCUT2D eigenvalue weighted by Crippen LogP contribution is 2.18. The summed E-state index contributed by atoms with van der Waals surface area (Å²) in [7, 11) is 0. The van der Waals surface area contributed by atoms with Crippen LogP contribution in [0, 0.1) is 12.7 Å². The van der Waals surface area contributed by atoms with Gasteiger partial charge in [0.1, 0.15) is 24.3 Å². The van der Waals surface area contributed by atoms with Crippen LogP contribution < -0.4 is 15.4 Å². The molecule has 3 N–H and O–H groups in total. The van der Waals surface area contributed by atoms with Crippen molar-refractivity contribution in [1.29, 1.82) is 0 Å². The van der Waals surface area contributed by atoms with Gasteiger partial charge in [0.15, 0.2) is 0 Å². The average Bonchev–Trinajstić information content (AvgIpc) is 2.79. The molecule has 160 valence electrons. The number of aliphatic hydroxyl groups is 1. The minimum atomic E-state index is -0.947. The molecule has 0 aromatic heterocycles. The predicted molar refractivity (Wildman–Crippen MR) is 116 cm³/mol. The van der Waals surface area contributed by atoms with Crippen molar-refractivity contribution in [3.05, 3.63) is 95.3 Å². The first-order valence-corrected chi connectivity index (χ1v) is 9.74. The number of amides is 2. The minimum Gasteiger partial charge on any atom is -0.491 e. The zero-order chi connectivity index (χ0) is 22.2. The maximum Gasteiger partial charge on any atom is 0.255 e. The number of hydrogen-bond acceptors (Lipinski definition) is 4. The number of halogens is 1. The Labute approximate surface area is 179 Å². The molecule has 3 aromatic carbocycles. The van der Waals surface area contributed by atoms with Crippen LogP contribution in [0.2, 0.25) is 0 Å². The lowest BCUT2D eigenvalue weighted by Gasteiger charge is -2.14. The number of carbonyl (C=O) groups excluding carboxylic acids is 2. The van der Waals surface area contributed by atoms with E-state index in [0.717, 1.165) is 5.56 Å². The molecule has 1 unspecified atom stereocenters. The Morgan fingerprint density at radius 3 is 2.39 bits per heavy atom. The van der Waals surface area contributed by atoms with Crippen LogP contribution in [0.3, 0.4) is 0 Å². The second-order valence-electron chi connectivity index (χ2n) is 6.98. The van der Waals surface area contributed by atoms with Gasteiger partial charge < -0.3 is 20.5 Å². The van der Waals surface area contributed by atoms with Crippen molar-refractivity contribution in [1.82, 2.24) is 5.32 Å². The number of aliphatic hydroxyl groups excluding tert-OH is 1. The molecule has 1 atom stereocenters. The third kappa shape index (κ3) is 6.38. The first-order valence-electron chi connectivity index (χ1n) is 9.74. The third-order valence-electron chi connectivity index (χ3n) is 4.54. The second kappa shape index (κ2) is 10.4. The van der Waals surface area contributed by atoms with Gasteiger partial charge >= 0.3 is 0 Å². The molecule has 7 heteroatoms. The first-order chi connectivity index (χ1) is 14.9. The zero-order valence-electron chi connectivity index (χ0n) is 17.0. The van der Waals surface area contributed by atoms with Crippen LogP contribution in [-0.2, 0) is 0 Å². The van der Waals surface area contributed by atoms with Crippen molar-refractivity contribution in [2.24, 2.45) is 0 Å². The molecule has 6 nitrogen and oxygen atoms in total.